The van der Waals surface area contributed by atoms with Gasteiger partial charge in [0.05, 0.1) is 0 Å². The van der Waals surface area contributed by atoms with E-state index in [1.807, 2.05) is 68.1 Å². The number of likely N-dealkylation sites (N-methyl/N-ethyl adjacent to an activating group) is 1. The third-order valence-corrected chi connectivity index (χ3v) is 6.52. The Kier molecular flexibility index (Phi) is 7.82. The highest BCUT2D eigenvalue weighted by Gasteiger charge is 2.34. The fourth-order valence-electron chi connectivity index (χ4n) is 4.32. The molecule has 6 nitrogen and oxygen atoms in total. The number of rotatable bonds is 7. The maximum Gasteiger partial charge on any atom is 0.284 e. The first-order valence-electron chi connectivity index (χ1n) is 11.3. The van der Waals surface area contributed by atoms with Crippen molar-refractivity contribution in [3.63, 3.8) is 0 Å². The first-order valence-corrected chi connectivity index (χ1v) is 11.3. The zero-order valence-electron chi connectivity index (χ0n) is 19.2. The maximum atomic E-state index is 13.1. The van der Waals surface area contributed by atoms with Crippen molar-refractivity contribution >= 4 is 23.2 Å². The van der Waals surface area contributed by atoms with Crippen LogP contribution in [0.5, 0.6) is 0 Å². The molecule has 3 rings (SSSR count). The Labute approximate surface area is 185 Å². The molecule has 2 amide bonds. The van der Waals surface area contributed by atoms with Crippen molar-refractivity contribution < 1.29 is 19.4 Å². The Hall–Kier alpha value is -2.70. The van der Waals surface area contributed by atoms with Gasteiger partial charge in [0.2, 0.25) is 0 Å². The van der Waals surface area contributed by atoms with Crippen molar-refractivity contribution in [3.8, 4) is 0 Å². The van der Waals surface area contributed by atoms with Crippen molar-refractivity contribution in [2.24, 2.45) is 0 Å². The highest BCUT2D eigenvalue weighted by molar-refractivity contribution is 5.96. The number of piperazine rings is 1. The van der Waals surface area contributed by atoms with E-state index in [4.69, 9.17) is 0 Å². The lowest BCUT2D eigenvalue weighted by molar-refractivity contribution is -1.01. The Morgan fingerprint density at radius 3 is 2.32 bits per heavy atom. The van der Waals surface area contributed by atoms with Crippen LogP contribution in [-0.2, 0) is 9.59 Å². The van der Waals surface area contributed by atoms with E-state index < -0.39 is 0 Å². The van der Waals surface area contributed by atoms with Crippen LogP contribution < -0.4 is 20.0 Å². The summed E-state index contributed by atoms with van der Waals surface area (Å²) in [5.74, 6) is 0.220. The van der Waals surface area contributed by atoms with E-state index in [0.717, 1.165) is 43.1 Å². The summed E-state index contributed by atoms with van der Waals surface area (Å²) in [4.78, 5) is 30.1. The third kappa shape index (κ3) is 5.71. The molecule has 0 aromatic heterocycles. The first-order chi connectivity index (χ1) is 14.9. The third-order valence-electron chi connectivity index (χ3n) is 6.52. The minimum atomic E-state index is -0.0922. The predicted molar refractivity (Wildman–Crippen MR) is 125 cm³/mol. The number of nitrogens with zero attached hydrogens (tertiary/aromatic N) is 1. The lowest BCUT2D eigenvalue weighted by Gasteiger charge is -2.34. The van der Waals surface area contributed by atoms with Crippen LogP contribution in [0.15, 0.2) is 48.5 Å². The van der Waals surface area contributed by atoms with Crippen LogP contribution in [0.4, 0.5) is 11.4 Å². The van der Waals surface area contributed by atoms with E-state index in [2.05, 4.69) is 18.3 Å². The fraction of sp³-hybridized carbons (Fsp3) is 0.440. The molecule has 0 bridgehead atoms. The van der Waals surface area contributed by atoms with Gasteiger partial charge in [-0.1, -0.05) is 30.3 Å². The summed E-state index contributed by atoms with van der Waals surface area (Å²) in [6, 6.07) is 15.8. The van der Waals surface area contributed by atoms with Gasteiger partial charge >= 0.3 is 0 Å². The number of hydrogen-bond donors (Lipinski definition) is 3. The molecular formula is C25H36N4O2+2. The molecule has 6 heteroatoms. The van der Waals surface area contributed by atoms with Gasteiger partial charge in [0, 0.05) is 17.9 Å². The van der Waals surface area contributed by atoms with Gasteiger partial charge in [0.15, 0.2) is 12.6 Å². The van der Waals surface area contributed by atoms with Gasteiger partial charge in [-0.05, 0) is 57.0 Å². The lowest BCUT2D eigenvalue weighted by atomic mass is 10.1. The maximum absolute atomic E-state index is 13.1. The van der Waals surface area contributed by atoms with Crippen molar-refractivity contribution in [1.29, 1.82) is 0 Å². The van der Waals surface area contributed by atoms with E-state index in [1.54, 1.807) is 0 Å². The minimum absolute atomic E-state index is 0.0533. The molecule has 1 heterocycles. The molecule has 166 valence electrons. The Bertz CT molecular complexity index is 892. The van der Waals surface area contributed by atoms with Crippen LogP contribution in [0.2, 0.25) is 0 Å². The summed E-state index contributed by atoms with van der Waals surface area (Å²) in [5.41, 5.74) is 4.14. The van der Waals surface area contributed by atoms with Crippen molar-refractivity contribution in [1.82, 2.24) is 0 Å². The Balaban J connectivity index is 1.51. The molecule has 1 atom stereocenters. The van der Waals surface area contributed by atoms with Gasteiger partial charge in [0.25, 0.3) is 11.8 Å². The molecular weight excluding hydrogens is 388 g/mol. The molecule has 1 aliphatic rings. The monoisotopic (exact) mass is 424 g/mol. The van der Waals surface area contributed by atoms with Crippen LogP contribution in [-0.4, -0.2) is 57.1 Å². The second-order valence-electron chi connectivity index (χ2n) is 8.52. The van der Waals surface area contributed by atoms with Crippen molar-refractivity contribution in [2.45, 2.75) is 33.7 Å². The number of quaternary nitrogens is 2. The van der Waals surface area contributed by atoms with Crippen molar-refractivity contribution in [2.75, 3.05) is 49.5 Å². The zero-order chi connectivity index (χ0) is 22.4. The van der Waals surface area contributed by atoms with Crippen LogP contribution >= 0.6 is 0 Å². The smallest absolute Gasteiger partial charge is 0.284 e. The van der Waals surface area contributed by atoms with Gasteiger partial charge in [-0.15, -0.1) is 0 Å². The van der Waals surface area contributed by atoms with Gasteiger partial charge in [-0.25, -0.2) is 0 Å². The molecule has 0 radical (unpaired) electrons. The number of amides is 2. The van der Waals surface area contributed by atoms with E-state index in [0.29, 0.717) is 13.1 Å². The normalized spacial score (nSPS) is 19.5. The molecule has 0 spiro atoms. The highest BCUT2D eigenvalue weighted by atomic mass is 16.2. The first kappa shape index (κ1) is 23.0. The number of carbonyl (C=O) groups excluding carboxylic acids is 2. The predicted octanol–water partition coefficient (Wildman–Crippen LogP) is 0.467. The summed E-state index contributed by atoms with van der Waals surface area (Å²) < 4.78 is 0. The second kappa shape index (κ2) is 10.6. The van der Waals surface area contributed by atoms with Gasteiger partial charge < -0.3 is 20.0 Å². The summed E-state index contributed by atoms with van der Waals surface area (Å²) in [5, 5.41) is 3.06. The van der Waals surface area contributed by atoms with Gasteiger partial charge in [-0.3, -0.25) is 9.59 Å². The van der Waals surface area contributed by atoms with Crippen molar-refractivity contribution in [3.05, 3.63) is 59.7 Å². The highest BCUT2D eigenvalue weighted by Crippen LogP contribution is 2.17. The molecule has 1 saturated heterocycles. The minimum Gasteiger partial charge on any atom is -0.321 e. The van der Waals surface area contributed by atoms with E-state index in [-0.39, 0.29) is 17.9 Å². The second-order valence-corrected chi connectivity index (χ2v) is 8.52. The van der Waals surface area contributed by atoms with Crippen LogP contribution in [0.3, 0.4) is 0 Å². The summed E-state index contributed by atoms with van der Waals surface area (Å²) in [7, 11) is 0. The molecule has 1 fully saturated rings. The molecule has 31 heavy (non-hydrogen) atoms. The van der Waals surface area contributed by atoms with Crippen LogP contribution in [0.25, 0.3) is 0 Å². The molecule has 3 N–H and O–H groups in total. The number of benzene rings is 2. The lowest BCUT2D eigenvalue weighted by Crippen LogP contribution is -3.30. The number of aryl methyl sites for hydroxylation is 1. The quantitative estimate of drug-likeness (QED) is 0.605. The molecule has 2 aromatic carbocycles. The Morgan fingerprint density at radius 1 is 1.00 bits per heavy atom. The standard InChI is InChI=1S/C25H34N4O2/c1-5-29(22-11-7-6-8-12-22)25(31)21(4)28-16-14-27(15-17-28)18-24(30)26-23-13-9-10-19(2)20(23)3/h6-13,21H,5,14-18H2,1-4H3,(H,26,30)/p+2/t21-/m1/s1. The number of carbonyl (C=O) groups is 2. The number of para-hydroxylation sites is 1. The summed E-state index contributed by atoms with van der Waals surface area (Å²) in [6.07, 6.45) is 0. The van der Waals surface area contributed by atoms with E-state index in [9.17, 15) is 9.59 Å². The van der Waals surface area contributed by atoms with E-state index in [1.165, 1.54) is 15.4 Å². The summed E-state index contributed by atoms with van der Waals surface area (Å²) in [6.45, 7) is 12.8. The molecule has 2 aromatic rings. The molecule has 0 unspecified atom stereocenters. The Morgan fingerprint density at radius 2 is 1.68 bits per heavy atom. The number of nitrogens with one attached hydrogen (secondary N) is 3. The molecule has 1 aliphatic heterocycles. The average Bonchev–Trinajstić information content (AvgIpc) is 2.78. The van der Waals surface area contributed by atoms with Crippen LogP contribution in [0, 0.1) is 13.8 Å². The van der Waals surface area contributed by atoms with E-state index >= 15 is 0 Å². The topological polar surface area (TPSA) is 58.3 Å². The number of anilines is 2. The van der Waals surface area contributed by atoms with Gasteiger partial charge in [0.1, 0.15) is 26.2 Å². The van der Waals surface area contributed by atoms with Gasteiger partial charge in [-0.2, -0.15) is 0 Å². The SMILES string of the molecule is CCN(C(=O)[C@@H](C)[NH+]1CC[NH+](CC(=O)Nc2cccc(C)c2C)CC1)c1ccccc1. The molecule has 0 aliphatic carbocycles. The summed E-state index contributed by atoms with van der Waals surface area (Å²) >= 11 is 0. The molecule has 0 saturated carbocycles. The number of hydrogen-bond acceptors (Lipinski definition) is 2. The largest absolute Gasteiger partial charge is 0.321 e. The average molecular weight is 425 g/mol. The van der Waals surface area contributed by atoms with Crippen LogP contribution in [0.1, 0.15) is 25.0 Å². The zero-order valence-corrected chi connectivity index (χ0v) is 19.2. The fourth-order valence-corrected chi connectivity index (χ4v) is 4.32.